The lowest BCUT2D eigenvalue weighted by molar-refractivity contribution is -0.116. The number of aryl methyl sites for hydroxylation is 4. The fourth-order valence-corrected chi connectivity index (χ4v) is 4.11. The highest BCUT2D eigenvalue weighted by molar-refractivity contribution is 5.92. The Labute approximate surface area is 194 Å². The van der Waals surface area contributed by atoms with Crippen molar-refractivity contribution in [3.8, 4) is 11.6 Å². The fraction of sp³-hybridized carbons (Fsp3) is 0.296. The molecule has 0 spiro atoms. The first-order valence-electron chi connectivity index (χ1n) is 11.3. The van der Waals surface area contributed by atoms with Crippen LogP contribution in [-0.2, 0) is 11.2 Å². The molecule has 0 aliphatic heterocycles. The number of para-hydroxylation sites is 1. The van der Waals surface area contributed by atoms with Gasteiger partial charge in [-0.05, 0) is 70.4 Å². The van der Waals surface area contributed by atoms with Crippen LogP contribution in [-0.4, -0.2) is 27.3 Å². The van der Waals surface area contributed by atoms with Crippen LogP contribution in [0.1, 0.15) is 41.3 Å². The van der Waals surface area contributed by atoms with Gasteiger partial charge in [0.15, 0.2) is 5.65 Å². The van der Waals surface area contributed by atoms with Crippen molar-refractivity contribution in [3.05, 3.63) is 76.5 Å². The Morgan fingerprint density at radius 3 is 2.45 bits per heavy atom. The minimum absolute atomic E-state index is 0.0293. The van der Waals surface area contributed by atoms with Crippen molar-refractivity contribution in [2.45, 2.75) is 47.5 Å². The normalized spacial score (nSPS) is 11.1. The highest BCUT2D eigenvalue weighted by Gasteiger charge is 2.20. The summed E-state index contributed by atoms with van der Waals surface area (Å²) in [5, 5.41) is 8.79. The van der Waals surface area contributed by atoms with Crippen molar-refractivity contribution >= 4 is 22.6 Å². The van der Waals surface area contributed by atoms with E-state index in [9.17, 15) is 4.79 Å². The van der Waals surface area contributed by atoms with Gasteiger partial charge in [-0.15, -0.1) is 0 Å². The van der Waals surface area contributed by atoms with Crippen LogP contribution in [0.3, 0.4) is 0 Å². The van der Waals surface area contributed by atoms with Gasteiger partial charge >= 0.3 is 0 Å². The summed E-state index contributed by atoms with van der Waals surface area (Å²) in [6.07, 6.45) is 0.880. The van der Waals surface area contributed by atoms with Gasteiger partial charge < -0.3 is 10.1 Å². The summed E-state index contributed by atoms with van der Waals surface area (Å²) in [6.45, 7) is 10.6. The highest BCUT2D eigenvalue weighted by Crippen LogP contribution is 2.32. The molecule has 6 heteroatoms. The average molecular weight is 443 g/mol. The number of rotatable bonds is 7. The first-order chi connectivity index (χ1) is 15.9. The van der Waals surface area contributed by atoms with Crippen LogP contribution in [0, 0.1) is 27.7 Å². The summed E-state index contributed by atoms with van der Waals surface area (Å²) in [7, 11) is 0. The van der Waals surface area contributed by atoms with E-state index < -0.39 is 0 Å². The van der Waals surface area contributed by atoms with Gasteiger partial charge in [-0.2, -0.15) is 10.1 Å². The number of benzene rings is 2. The molecule has 1 amide bonds. The minimum Gasteiger partial charge on any atom is -0.478 e. The number of carbonyl (C=O) groups excluding carboxylic acids is 1. The second-order valence-electron chi connectivity index (χ2n) is 8.35. The van der Waals surface area contributed by atoms with Gasteiger partial charge in [0.1, 0.15) is 0 Å². The lowest BCUT2D eigenvalue weighted by Gasteiger charge is -2.14. The summed E-state index contributed by atoms with van der Waals surface area (Å²) in [5.74, 6) is 0.540. The van der Waals surface area contributed by atoms with Gasteiger partial charge in [-0.3, -0.25) is 4.79 Å². The van der Waals surface area contributed by atoms with E-state index in [1.54, 1.807) is 0 Å². The topological polar surface area (TPSA) is 69.0 Å². The molecule has 4 aromatic rings. The van der Waals surface area contributed by atoms with Crippen LogP contribution < -0.4 is 10.1 Å². The number of carbonyl (C=O) groups is 1. The molecule has 4 rings (SSSR count). The monoisotopic (exact) mass is 442 g/mol. The molecular formula is C27H30N4O2. The van der Waals surface area contributed by atoms with Crippen molar-refractivity contribution in [1.82, 2.24) is 14.8 Å². The highest BCUT2D eigenvalue weighted by atomic mass is 16.5. The molecule has 2 heterocycles. The van der Waals surface area contributed by atoms with Crippen LogP contribution in [0.15, 0.2) is 48.5 Å². The molecule has 2 aromatic heterocycles. The Hall–Kier alpha value is -3.67. The summed E-state index contributed by atoms with van der Waals surface area (Å²) < 4.78 is 7.80. The molecule has 2 aromatic carbocycles. The van der Waals surface area contributed by atoms with Crippen LogP contribution in [0.5, 0.6) is 5.88 Å². The lowest BCUT2D eigenvalue weighted by atomic mass is 10.0. The zero-order chi connectivity index (χ0) is 23.5. The zero-order valence-corrected chi connectivity index (χ0v) is 19.9. The summed E-state index contributed by atoms with van der Waals surface area (Å²) in [6, 6.07) is 16.0. The fourth-order valence-electron chi connectivity index (χ4n) is 4.11. The van der Waals surface area contributed by atoms with Crippen LogP contribution in [0.25, 0.3) is 16.7 Å². The molecule has 0 unspecified atom stereocenters. The molecule has 0 atom stereocenters. The van der Waals surface area contributed by atoms with E-state index in [1.807, 2.05) is 61.9 Å². The predicted octanol–water partition coefficient (Wildman–Crippen LogP) is 5.62. The van der Waals surface area contributed by atoms with Gasteiger partial charge in [0.05, 0.1) is 18.0 Å². The molecule has 0 saturated heterocycles. The van der Waals surface area contributed by atoms with E-state index in [4.69, 9.17) is 14.8 Å². The Kier molecular flexibility index (Phi) is 6.45. The number of anilines is 1. The van der Waals surface area contributed by atoms with E-state index in [2.05, 4.69) is 31.3 Å². The van der Waals surface area contributed by atoms with E-state index >= 15 is 0 Å². The van der Waals surface area contributed by atoms with E-state index in [0.29, 0.717) is 25.3 Å². The lowest BCUT2D eigenvalue weighted by Crippen LogP contribution is -2.14. The third-order valence-corrected chi connectivity index (χ3v) is 5.91. The quantitative estimate of drug-likeness (QED) is 0.403. The average Bonchev–Trinajstić information content (AvgIpc) is 3.12. The van der Waals surface area contributed by atoms with Crippen molar-refractivity contribution in [1.29, 1.82) is 0 Å². The molecular weight excluding hydrogens is 412 g/mol. The maximum absolute atomic E-state index is 12.7. The first kappa shape index (κ1) is 22.5. The van der Waals surface area contributed by atoms with E-state index in [0.717, 1.165) is 44.8 Å². The minimum atomic E-state index is -0.0293. The molecule has 0 radical (unpaired) electrons. The maximum atomic E-state index is 12.7. The molecule has 1 N–H and O–H groups in total. The number of amides is 1. The number of hydrogen-bond donors (Lipinski definition) is 1. The van der Waals surface area contributed by atoms with Crippen molar-refractivity contribution in [2.75, 3.05) is 11.9 Å². The number of nitrogens with zero attached hydrogens (tertiary/aromatic N) is 3. The Bertz CT molecular complexity index is 1310. The van der Waals surface area contributed by atoms with Crippen molar-refractivity contribution in [2.24, 2.45) is 0 Å². The molecule has 0 aliphatic carbocycles. The van der Waals surface area contributed by atoms with Gasteiger partial charge in [-0.25, -0.2) is 4.68 Å². The van der Waals surface area contributed by atoms with Gasteiger partial charge in [0.25, 0.3) is 0 Å². The molecule has 0 saturated carbocycles. The molecule has 0 aliphatic rings. The molecule has 33 heavy (non-hydrogen) atoms. The summed E-state index contributed by atoms with van der Waals surface area (Å²) in [5.41, 5.74) is 7.72. The molecule has 0 bridgehead atoms. The van der Waals surface area contributed by atoms with Crippen molar-refractivity contribution in [3.63, 3.8) is 0 Å². The number of nitrogens with one attached hydrogen (secondary N) is 1. The standard InChI is InChI=1S/C27H30N4O2/c1-6-33-27-22(15-16-24(32)28-23-10-8-7-9-18(23)3)19(4)25-20(5)30-31(26(25)29-27)21-13-11-17(2)12-14-21/h7-14H,6,15-16H2,1-5H3,(H,28,32). The van der Waals surface area contributed by atoms with E-state index in [1.165, 1.54) is 5.56 Å². The second kappa shape index (κ2) is 9.45. The van der Waals surface area contributed by atoms with E-state index in [-0.39, 0.29) is 5.91 Å². The SMILES string of the molecule is CCOc1nc2c(c(C)nn2-c2ccc(C)cc2)c(C)c1CCC(=O)Nc1ccccc1C. The number of pyridine rings is 1. The number of fused-ring (bicyclic) bond motifs is 1. The third kappa shape index (κ3) is 4.60. The number of aromatic nitrogens is 3. The van der Waals surface area contributed by atoms with Crippen LogP contribution in [0.4, 0.5) is 5.69 Å². The van der Waals surface area contributed by atoms with Gasteiger partial charge in [-0.1, -0.05) is 35.9 Å². The predicted molar refractivity (Wildman–Crippen MR) is 132 cm³/mol. The molecule has 6 nitrogen and oxygen atoms in total. The largest absolute Gasteiger partial charge is 0.478 e. The molecule has 170 valence electrons. The Morgan fingerprint density at radius 1 is 1.03 bits per heavy atom. The Morgan fingerprint density at radius 2 is 1.76 bits per heavy atom. The van der Waals surface area contributed by atoms with Gasteiger partial charge in [0.2, 0.25) is 11.8 Å². The Balaban J connectivity index is 1.68. The number of ether oxygens (including phenoxy) is 1. The summed E-state index contributed by atoms with van der Waals surface area (Å²) >= 11 is 0. The van der Waals surface area contributed by atoms with Crippen molar-refractivity contribution < 1.29 is 9.53 Å². The number of hydrogen-bond acceptors (Lipinski definition) is 4. The smallest absolute Gasteiger partial charge is 0.224 e. The zero-order valence-electron chi connectivity index (χ0n) is 19.9. The van der Waals surface area contributed by atoms with Gasteiger partial charge in [0, 0.05) is 23.1 Å². The first-order valence-corrected chi connectivity index (χ1v) is 11.3. The third-order valence-electron chi connectivity index (χ3n) is 5.91. The maximum Gasteiger partial charge on any atom is 0.224 e. The second-order valence-corrected chi connectivity index (χ2v) is 8.35. The van der Waals surface area contributed by atoms with Crippen LogP contribution >= 0.6 is 0 Å². The summed E-state index contributed by atoms with van der Waals surface area (Å²) in [4.78, 5) is 17.5. The van der Waals surface area contributed by atoms with Crippen LogP contribution in [0.2, 0.25) is 0 Å². The molecule has 0 fully saturated rings.